The number of nitrogens with zero attached hydrogens (tertiary/aromatic N) is 5. The van der Waals surface area contributed by atoms with Gasteiger partial charge >= 0.3 is 6.18 Å². The van der Waals surface area contributed by atoms with Crippen LogP contribution in [0.1, 0.15) is 11.1 Å². The third-order valence-electron chi connectivity index (χ3n) is 6.35. The van der Waals surface area contributed by atoms with Crippen LogP contribution in [0.5, 0.6) is 0 Å². The molecule has 0 bridgehead atoms. The van der Waals surface area contributed by atoms with Crippen LogP contribution in [0.25, 0.3) is 32.9 Å². The Hall–Kier alpha value is -4.02. The van der Waals surface area contributed by atoms with Gasteiger partial charge in [-0.1, -0.05) is 12.6 Å². The number of carbonyl (C=O) groups excluding carboxylic acids is 1. The minimum Gasteiger partial charge on any atom is -0.366 e. The lowest BCUT2D eigenvalue weighted by molar-refractivity contribution is -0.137. The molecule has 35 heavy (non-hydrogen) atoms. The summed E-state index contributed by atoms with van der Waals surface area (Å²) in [6.45, 7) is 6.49. The Kier molecular flexibility index (Phi) is 5.42. The first-order valence-corrected chi connectivity index (χ1v) is 10.8. The summed E-state index contributed by atoms with van der Waals surface area (Å²) in [6.07, 6.45) is -0.908. The molecule has 4 aromatic rings. The van der Waals surface area contributed by atoms with E-state index < -0.39 is 23.1 Å². The van der Waals surface area contributed by atoms with Gasteiger partial charge in [0.2, 0.25) is 5.91 Å². The van der Waals surface area contributed by atoms with Crippen molar-refractivity contribution in [1.29, 1.82) is 0 Å². The Bertz CT molecular complexity index is 1470. The Morgan fingerprint density at radius 1 is 1.11 bits per heavy atom. The van der Waals surface area contributed by atoms with Crippen molar-refractivity contribution in [3.05, 3.63) is 60.2 Å². The Morgan fingerprint density at radius 2 is 1.86 bits per heavy atom. The normalized spacial score (nSPS) is 14.7. The molecule has 7 nitrogen and oxygen atoms in total. The second kappa shape index (κ2) is 8.33. The first-order valence-electron chi connectivity index (χ1n) is 10.8. The largest absolute Gasteiger partial charge is 0.417 e. The van der Waals surface area contributed by atoms with E-state index in [1.807, 2.05) is 0 Å². The Balaban J connectivity index is 1.71. The summed E-state index contributed by atoms with van der Waals surface area (Å²) in [5, 5.41) is 14.8. The molecule has 3 heterocycles. The summed E-state index contributed by atoms with van der Waals surface area (Å²) < 4.78 is 59.1. The number of alkyl halides is 3. The van der Waals surface area contributed by atoms with Gasteiger partial charge in [-0.05, 0) is 36.3 Å². The average molecular weight is 484 g/mol. The standard InChI is InChI=1S/C24H20F4N6O/c1-3-19(35)34-8-6-33(7-9-34)18-12-30-32-23-14(18)10-16(24(26,27)28)21(22(23)25)20-13(2)4-5-17-15(20)11-29-31-17/h3-5,10-12H,1,6-9H2,2H3,(H,29,31). The van der Waals surface area contributed by atoms with E-state index in [4.69, 9.17) is 0 Å². The van der Waals surface area contributed by atoms with Gasteiger partial charge in [-0.3, -0.25) is 9.89 Å². The predicted octanol–water partition coefficient (Wildman–Crippen LogP) is 4.47. The smallest absolute Gasteiger partial charge is 0.366 e. The lowest BCUT2D eigenvalue weighted by atomic mass is 9.90. The Labute approximate surface area is 197 Å². The van der Waals surface area contributed by atoms with Gasteiger partial charge in [-0.2, -0.15) is 23.4 Å². The van der Waals surface area contributed by atoms with Crippen LogP contribution in [0.4, 0.5) is 23.2 Å². The van der Waals surface area contributed by atoms with Crippen LogP contribution in [0.15, 0.2) is 43.2 Å². The maximum Gasteiger partial charge on any atom is 0.417 e. The summed E-state index contributed by atoms with van der Waals surface area (Å²) in [4.78, 5) is 15.3. The first-order chi connectivity index (χ1) is 16.7. The molecule has 180 valence electrons. The number of aromatic nitrogens is 4. The van der Waals surface area contributed by atoms with E-state index in [0.29, 0.717) is 48.3 Å². The molecule has 0 saturated carbocycles. The van der Waals surface area contributed by atoms with Crippen molar-refractivity contribution in [2.24, 2.45) is 0 Å². The second-order valence-corrected chi connectivity index (χ2v) is 8.34. The van der Waals surface area contributed by atoms with Crippen LogP contribution >= 0.6 is 0 Å². The molecule has 1 amide bonds. The number of aryl methyl sites for hydroxylation is 1. The molecule has 1 aliphatic heterocycles. The quantitative estimate of drug-likeness (QED) is 0.343. The first kappa shape index (κ1) is 22.8. The lowest BCUT2D eigenvalue weighted by Crippen LogP contribution is -2.48. The number of fused-ring (bicyclic) bond motifs is 2. The van der Waals surface area contributed by atoms with Gasteiger partial charge in [-0.15, -0.1) is 5.10 Å². The molecule has 1 saturated heterocycles. The number of nitrogens with one attached hydrogen (secondary N) is 1. The minimum atomic E-state index is -4.83. The lowest BCUT2D eigenvalue weighted by Gasteiger charge is -2.36. The van der Waals surface area contributed by atoms with Crippen molar-refractivity contribution < 1.29 is 22.4 Å². The van der Waals surface area contributed by atoms with Crippen molar-refractivity contribution in [3.63, 3.8) is 0 Å². The molecule has 0 atom stereocenters. The molecular formula is C24H20F4N6O. The highest BCUT2D eigenvalue weighted by Gasteiger charge is 2.38. The van der Waals surface area contributed by atoms with Crippen LogP contribution in [-0.4, -0.2) is 57.4 Å². The molecule has 0 unspecified atom stereocenters. The summed E-state index contributed by atoms with van der Waals surface area (Å²) in [5.41, 5.74) is -0.548. The zero-order valence-electron chi connectivity index (χ0n) is 18.7. The highest BCUT2D eigenvalue weighted by atomic mass is 19.4. The fourth-order valence-electron chi connectivity index (χ4n) is 4.62. The second-order valence-electron chi connectivity index (χ2n) is 8.34. The average Bonchev–Trinajstić information content (AvgIpc) is 3.32. The monoisotopic (exact) mass is 484 g/mol. The zero-order chi connectivity index (χ0) is 24.9. The van der Waals surface area contributed by atoms with Gasteiger partial charge in [0.15, 0.2) is 5.82 Å². The number of benzene rings is 2. The molecule has 5 rings (SSSR count). The fraction of sp³-hybridized carbons (Fsp3) is 0.250. The van der Waals surface area contributed by atoms with Crippen LogP contribution in [0.3, 0.4) is 0 Å². The number of halogens is 4. The summed E-state index contributed by atoms with van der Waals surface area (Å²) >= 11 is 0. The van der Waals surface area contributed by atoms with Crippen LogP contribution < -0.4 is 4.90 Å². The zero-order valence-corrected chi connectivity index (χ0v) is 18.7. The van der Waals surface area contributed by atoms with Crippen LogP contribution in [0, 0.1) is 12.7 Å². The number of aromatic amines is 1. The number of piperazine rings is 1. The highest BCUT2D eigenvalue weighted by molar-refractivity contribution is 6.02. The Morgan fingerprint density at radius 3 is 2.54 bits per heavy atom. The molecular weight excluding hydrogens is 464 g/mol. The van der Waals surface area contributed by atoms with Gasteiger partial charge in [0.25, 0.3) is 0 Å². The summed E-state index contributed by atoms with van der Waals surface area (Å²) in [5.74, 6) is -1.32. The third-order valence-corrected chi connectivity index (χ3v) is 6.35. The van der Waals surface area contributed by atoms with Crippen molar-refractivity contribution in [2.45, 2.75) is 13.1 Å². The van der Waals surface area contributed by atoms with E-state index in [-0.39, 0.29) is 22.4 Å². The van der Waals surface area contributed by atoms with Gasteiger partial charge in [-0.25, -0.2) is 4.39 Å². The van der Waals surface area contributed by atoms with Crippen molar-refractivity contribution >= 4 is 33.4 Å². The molecule has 1 aliphatic rings. The number of anilines is 1. The number of hydrogen-bond acceptors (Lipinski definition) is 5. The maximum atomic E-state index is 16.0. The molecule has 11 heteroatoms. The molecule has 0 aliphatic carbocycles. The number of carbonyl (C=O) groups is 1. The van der Waals surface area contributed by atoms with Crippen molar-refractivity contribution in [1.82, 2.24) is 25.3 Å². The van der Waals surface area contributed by atoms with Crippen molar-refractivity contribution in [2.75, 3.05) is 31.1 Å². The van der Waals surface area contributed by atoms with Crippen LogP contribution in [0.2, 0.25) is 0 Å². The maximum absolute atomic E-state index is 16.0. The highest BCUT2D eigenvalue weighted by Crippen LogP contribution is 2.45. The summed E-state index contributed by atoms with van der Waals surface area (Å²) in [6, 6.07) is 4.24. The van der Waals surface area contributed by atoms with Gasteiger partial charge < -0.3 is 9.80 Å². The number of hydrogen-bond donors (Lipinski definition) is 1. The molecule has 0 radical (unpaired) electrons. The number of H-pyrrole nitrogens is 1. The van der Waals surface area contributed by atoms with Crippen molar-refractivity contribution in [3.8, 4) is 11.1 Å². The molecule has 1 N–H and O–H groups in total. The van der Waals surface area contributed by atoms with E-state index in [1.54, 1.807) is 28.9 Å². The fourth-order valence-corrected chi connectivity index (χ4v) is 4.62. The van der Waals surface area contributed by atoms with Gasteiger partial charge in [0.1, 0.15) is 5.52 Å². The SMILES string of the molecule is C=CC(=O)N1CCN(c2cnnc3c(F)c(-c4c(C)ccc5[nH]ncc45)c(C(F)(F)F)cc23)CC1. The molecule has 2 aromatic carbocycles. The molecule has 0 spiro atoms. The van der Waals surface area contributed by atoms with Crippen LogP contribution in [-0.2, 0) is 11.0 Å². The van der Waals surface area contributed by atoms with E-state index in [1.165, 1.54) is 18.5 Å². The number of rotatable bonds is 3. The minimum absolute atomic E-state index is 0.00842. The third kappa shape index (κ3) is 3.76. The van der Waals surface area contributed by atoms with E-state index in [9.17, 15) is 18.0 Å². The number of amides is 1. The summed E-state index contributed by atoms with van der Waals surface area (Å²) in [7, 11) is 0. The van der Waals surface area contributed by atoms with Gasteiger partial charge in [0, 0.05) is 42.5 Å². The molecule has 1 fully saturated rings. The van der Waals surface area contributed by atoms with E-state index >= 15 is 4.39 Å². The van der Waals surface area contributed by atoms with Gasteiger partial charge in [0.05, 0.1) is 29.2 Å². The predicted molar refractivity (Wildman–Crippen MR) is 123 cm³/mol. The topological polar surface area (TPSA) is 78.0 Å². The van der Waals surface area contributed by atoms with E-state index in [2.05, 4.69) is 27.0 Å². The van der Waals surface area contributed by atoms with E-state index in [0.717, 1.165) is 6.07 Å². The molecule has 2 aromatic heterocycles.